The number of methoxy groups -OCH3 is 1. The van der Waals surface area contributed by atoms with E-state index in [0.29, 0.717) is 35.1 Å². The lowest BCUT2D eigenvalue weighted by Gasteiger charge is -2.13. The quantitative estimate of drug-likeness (QED) is 0.353. The maximum absolute atomic E-state index is 12.7. The number of carbonyl (C=O) groups excluding carboxylic acids is 4. The molecule has 0 unspecified atom stereocenters. The van der Waals surface area contributed by atoms with E-state index in [0.717, 1.165) is 4.90 Å². The van der Waals surface area contributed by atoms with Crippen molar-refractivity contribution in [1.82, 2.24) is 10.2 Å². The fraction of sp³-hybridized carbons (Fsp3) is 0.217. The van der Waals surface area contributed by atoms with Gasteiger partial charge in [0, 0.05) is 0 Å². The Balaban J connectivity index is 1.73. The molecule has 11 nitrogen and oxygen atoms in total. The molecule has 0 aromatic heterocycles. The number of imide groups is 1. The molecule has 178 valence electrons. The molecule has 1 saturated heterocycles. The summed E-state index contributed by atoms with van der Waals surface area (Å²) in [4.78, 5) is 49.3. The van der Waals surface area contributed by atoms with E-state index in [-0.39, 0.29) is 12.3 Å². The van der Waals surface area contributed by atoms with Gasteiger partial charge in [0.1, 0.15) is 18.0 Å². The number of nitrogens with one attached hydrogen (secondary N) is 2. The number of hydrogen-bond donors (Lipinski definition) is 3. The zero-order valence-corrected chi connectivity index (χ0v) is 18.6. The predicted octanol–water partition coefficient (Wildman–Crippen LogP) is 1.49. The van der Waals surface area contributed by atoms with Gasteiger partial charge < -0.3 is 30.6 Å². The number of para-hydroxylation sites is 2. The molecule has 1 aliphatic rings. The average Bonchev–Trinajstić information content (AvgIpc) is 3.06. The van der Waals surface area contributed by atoms with Gasteiger partial charge in [0.25, 0.3) is 11.8 Å². The van der Waals surface area contributed by atoms with Crippen LogP contribution in [0.4, 0.5) is 10.5 Å². The summed E-state index contributed by atoms with van der Waals surface area (Å²) in [5.74, 6) is -0.775. The molecule has 4 N–H and O–H groups in total. The van der Waals surface area contributed by atoms with Crippen molar-refractivity contribution in [3.63, 3.8) is 0 Å². The van der Waals surface area contributed by atoms with E-state index in [1.165, 1.54) is 13.2 Å². The fourth-order valence-electron chi connectivity index (χ4n) is 3.11. The lowest BCUT2D eigenvalue weighted by atomic mass is 10.1. The Kier molecular flexibility index (Phi) is 7.70. The molecule has 0 aliphatic carbocycles. The van der Waals surface area contributed by atoms with Crippen LogP contribution in [0.2, 0.25) is 0 Å². The van der Waals surface area contributed by atoms with Crippen LogP contribution in [0.5, 0.6) is 17.2 Å². The summed E-state index contributed by atoms with van der Waals surface area (Å²) in [6, 6.07) is 10.8. The fourth-order valence-corrected chi connectivity index (χ4v) is 3.11. The summed E-state index contributed by atoms with van der Waals surface area (Å²) in [5.41, 5.74) is 6.04. The van der Waals surface area contributed by atoms with Crippen LogP contribution >= 0.6 is 0 Å². The largest absolute Gasteiger partial charge is 0.495 e. The molecule has 0 spiro atoms. The molecule has 2 aromatic rings. The van der Waals surface area contributed by atoms with Crippen molar-refractivity contribution in [2.45, 2.75) is 6.92 Å². The van der Waals surface area contributed by atoms with Crippen LogP contribution in [-0.4, -0.2) is 55.5 Å². The highest BCUT2D eigenvalue weighted by Gasteiger charge is 2.35. The zero-order valence-electron chi connectivity index (χ0n) is 18.6. The van der Waals surface area contributed by atoms with Crippen molar-refractivity contribution < 1.29 is 33.4 Å². The molecule has 0 atom stereocenters. The third-order valence-corrected chi connectivity index (χ3v) is 4.59. The van der Waals surface area contributed by atoms with E-state index >= 15 is 0 Å². The minimum absolute atomic E-state index is 0.0108. The van der Waals surface area contributed by atoms with Gasteiger partial charge in [-0.05, 0) is 42.8 Å². The normalized spacial score (nSPS) is 14.1. The molecule has 1 fully saturated rings. The van der Waals surface area contributed by atoms with E-state index in [2.05, 4.69) is 10.6 Å². The third kappa shape index (κ3) is 5.82. The van der Waals surface area contributed by atoms with Gasteiger partial charge in [-0.3, -0.25) is 14.4 Å². The molecule has 0 radical (unpaired) electrons. The molecule has 2 aromatic carbocycles. The lowest BCUT2D eigenvalue weighted by molar-refractivity contribution is -0.127. The third-order valence-electron chi connectivity index (χ3n) is 4.59. The molecule has 5 amide bonds. The molecular weight excluding hydrogens is 444 g/mol. The van der Waals surface area contributed by atoms with E-state index in [9.17, 15) is 19.2 Å². The molecular formula is C23H24N4O7. The second kappa shape index (κ2) is 10.9. The van der Waals surface area contributed by atoms with Crippen LogP contribution in [0, 0.1) is 0 Å². The highest BCUT2D eigenvalue weighted by atomic mass is 16.5. The van der Waals surface area contributed by atoms with Crippen molar-refractivity contribution in [2.75, 3.05) is 32.2 Å². The van der Waals surface area contributed by atoms with Gasteiger partial charge in [-0.1, -0.05) is 18.2 Å². The SMILES string of the molecule is CCOc1cc(C=C2NC(=O)N(CC(=O)Nc3ccccc3OC)C2=O)ccc1OCC(N)=O. The number of rotatable bonds is 10. The summed E-state index contributed by atoms with van der Waals surface area (Å²) in [6.45, 7) is 1.31. The Labute approximate surface area is 195 Å². The predicted molar refractivity (Wildman–Crippen MR) is 122 cm³/mol. The molecule has 1 aliphatic heterocycles. The van der Waals surface area contributed by atoms with Gasteiger partial charge in [-0.25, -0.2) is 9.69 Å². The van der Waals surface area contributed by atoms with E-state index in [4.69, 9.17) is 19.9 Å². The number of anilines is 1. The number of ether oxygens (including phenoxy) is 3. The topological polar surface area (TPSA) is 149 Å². The van der Waals surface area contributed by atoms with Crippen LogP contribution in [0.15, 0.2) is 48.2 Å². The minimum Gasteiger partial charge on any atom is -0.495 e. The van der Waals surface area contributed by atoms with Crippen LogP contribution in [0.3, 0.4) is 0 Å². The smallest absolute Gasteiger partial charge is 0.329 e. The van der Waals surface area contributed by atoms with Crippen LogP contribution in [0.25, 0.3) is 6.08 Å². The minimum atomic E-state index is -0.724. The number of nitrogens with two attached hydrogens (primary N) is 1. The van der Waals surface area contributed by atoms with Crippen LogP contribution in [-0.2, 0) is 14.4 Å². The molecule has 0 bridgehead atoms. The monoisotopic (exact) mass is 468 g/mol. The Morgan fingerprint density at radius 2 is 1.85 bits per heavy atom. The molecule has 34 heavy (non-hydrogen) atoms. The number of nitrogens with zero attached hydrogens (tertiary/aromatic N) is 1. The molecule has 0 saturated carbocycles. The van der Waals surface area contributed by atoms with Crippen molar-refractivity contribution in [3.8, 4) is 17.2 Å². The second-order valence-corrected chi connectivity index (χ2v) is 7.02. The van der Waals surface area contributed by atoms with Gasteiger partial charge in [0.05, 0.1) is 19.4 Å². The van der Waals surface area contributed by atoms with E-state index in [1.807, 2.05) is 0 Å². The number of primary amides is 1. The van der Waals surface area contributed by atoms with Crippen molar-refractivity contribution in [1.29, 1.82) is 0 Å². The first-order valence-corrected chi connectivity index (χ1v) is 10.3. The van der Waals surface area contributed by atoms with Gasteiger partial charge in [0.15, 0.2) is 18.1 Å². The number of hydrogen-bond acceptors (Lipinski definition) is 7. The highest BCUT2D eigenvalue weighted by molar-refractivity contribution is 6.16. The summed E-state index contributed by atoms with van der Waals surface area (Å²) in [6.07, 6.45) is 1.44. The Hall–Kier alpha value is -4.54. The van der Waals surface area contributed by atoms with Gasteiger partial charge in [-0.2, -0.15) is 0 Å². The van der Waals surface area contributed by atoms with Crippen LogP contribution in [0.1, 0.15) is 12.5 Å². The summed E-state index contributed by atoms with van der Waals surface area (Å²) in [5, 5.41) is 5.08. The molecule has 3 rings (SSSR count). The van der Waals surface area contributed by atoms with Gasteiger partial charge in [0.2, 0.25) is 5.91 Å². The van der Waals surface area contributed by atoms with Crippen molar-refractivity contribution >= 4 is 35.5 Å². The lowest BCUT2D eigenvalue weighted by Crippen LogP contribution is -2.38. The second-order valence-electron chi connectivity index (χ2n) is 7.02. The Morgan fingerprint density at radius 3 is 2.56 bits per heavy atom. The first kappa shape index (κ1) is 24.1. The van der Waals surface area contributed by atoms with Crippen molar-refractivity contribution in [2.24, 2.45) is 5.73 Å². The maximum atomic E-state index is 12.7. The summed E-state index contributed by atoms with van der Waals surface area (Å²) in [7, 11) is 1.47. The number of amides is 5. The van der Waals surface area contributed by atoms with Gasteiger partial charge >= 0.3 is 6.03 Å². The summed E-state index contributed by atoms with van der Waals surface area (Å²) >= 11 is 0. The Morgan fingerprint density at radius 1 is 1.09 bits per heavy atom. The highest BCUT2D eigenvalue weighted by Crippen LogP contribution is 2.30. The maximum Gasteiger partial charge on any atom is 0.329 e. The number of urea groups is 1. The van der Waals surface area contributed by atoms with Gasteiger partial charge in [-0.15, -0.1) is 0 Å². The standard InChI is InChI=1S/C23H24N4O7/c1-3-33-19-11-14(8-9-18(19)34-13-20(24)28)10-16-22(30)27(23(31)26-16)12-21(29)25-15-6-4-5-7-17(15)32-2/h4-11H,3,12-13H2,1-2H3,(H2,24,28)(H,25,29)(H,26,31). The summed E-state index contributed by atoms with van der Waals surface area (Å²) < 4.78 is 16.0. The van der Waals surface area contributed by atoms with Crippen molar-refractivity contribution in [3.05, 3.63) is 53.7 Å². The molecule has 1 heterocycles. The molecule has 11 heteroatoms. The van der Waals surface area contributed by atoms with E-state index < -0.39 is 30.3 Å². The van der Waals surface area contributed by atoms with Crippen LogP contribution < -0.4 is 30.6 Å². The average molecular weight is 468 g/mol. The first-order valence-electron chi connectivity index (χ1n) is 10.3. The van der Waals surface area contributed by atoms with E-state index in [1.54, 1.807) is 49.4 Å². The number of carbonyl (C=O) groups is 4. The number of benzene rings is 2. The Bertz CT molecular complexity index is 1150. The first-order chi connectivity index (χ1) is 16.3. The zero-order chi connectivity index (χ0) is 24.7.